The van der Waals surface area contributed by atoms with E-state index in [0.29, 0.717) is 11.5 Å². The smallest absolute Gasteiger partial charge is 0.274 e. The Morgan fingerprint density at radius 1 is 1.04 bits per heavy atom. The zero-order valence-corrected chi connectivity index (χ0v) is 14.5. The number of aryl methyl sites for hydroxylation is 1. The molecule has 0 saturated carbocycles. The fourth-order valence-corrected chi connectivity index (χ4v) is 2.47. The number of hydrogen-bond acceptors (Lipinski definition) is 4. The Hall–Kier alpha value is -2.73. The van der Waals surface area contributed by atoms with Crippen LogP contribution in [0.2, 0.25) is 0 Å². The lowest BCUT2D eigenvalue weighted by molar-refractivity contribution is 0.102. The fourth-order valence-electron chi connectivity index (χ4n) is 2.08. The highest BCUT2D eigenvalue weighted by Crippen LogP contribution is 2.24. The Bertz CT molecular complexity index is 865. The third-order valence-corrected chi connectivity index (χ3v) is 4.04. The van der Waals surface area contributed by atoms with Crippen molar-refractivity contribution in [2.75, 3.05) is 10.6 Å². The molecule has 2 N–H and O–H groups in total. The molecule has 0 radical (unpaired) electrons. The summed E-state index contributed by atoms with van der Waals surface area (Å²) in [5.41, 5.74) is 3.01. The minimum absolute atomic E-state index is 0.281. The standard InChI is InChI=1S/C18H15BrN4O/c1-12-6-8-13(9-7-12)22-18(24)16-10-17(21-11-20-16)23-15-5-3-2-4-14(15)19/h2-11H,1H3,(H,22,24)(H,20,21,23). The van der Waals surface area contributed by atoms with Crippen molar-refractivity contribution in [3.8, 4) is 0 Å². The average molecular weight is 383 g/mol. The maximum absolute atomic E-state index is 12.3. The second kappa shape index (κ2) is 7.23. The molecule has 0 bridgehead atoms. The number of anilines is 3. The van der Waals surface area contributed by atoms with Crippen LogP contribution in [0, 0.1) is 6.92 Å². The van der Waals surface area contributed by atoms with Crippen molar-refractivity contribution in [2.45, 2.75) is 6.92 Å². The Balaban J connectivity index is 1.76. The molecule has 1 aromatic heterocycles. The molecule has 6 heteroatoms. The lowest BCUT2D eigenvalue weighted by Crippen LogP contribution is -2.14. The summed E-state index contributed by atoms with van der Waals surface area (Å²) in [4.78, 5) is 20.5. The van der Waals surface area contributed by atoms with E-state index in [0.717, 1.165) is 21.4 Å². The van der Waals surface area contributed by atoms with Gasteiger partial charge in [-0.2, -0.15) is 0 Å². The number of rotatable bonds is 4. The molecule has 0 unspecified atom stereocenters. The van der Waals surface area contributed by atoms with Crippen molar-refractivity contribution < 1.29 is 4.79 Å². The van der Waals surface area contributed by atoms with Gasteiger partial charge in [0, 0.05) is 16.2 Å². The van der Waals surface area contributed by atoms with E-state index in [1.165, 1.54) is 6.33 Å². The first kappa shape index (κ1) is 16.1. The van der Waals surface area contributed by atoms with Gasteiger partial charge in [0.15, 0.2) is 0 Å². The third kappa shape index (κ3) is 3.97. The second-order valence-electron chi connectivity index (χ2n) is 5.21. The molecule has 0 fully saturated rings. The fraction of sp³-hybridized carbons (Fsp3) is 0.0556. The van der Waals surface area contributed by atoms with Gasteiger partial charge in [0.05, 0.1) is 5.69 Å². The van der Waals surface area contributed by atoms with Crippen molar-refractivity contribution >= 4 is 39.0 Å². The largest absolute Gasteiger partial charge is 0.339 e. The summed E-state index contributed by atoms with van der Waals surface area (Å²) in [7, 11) is 0. The van der Waals surface area contributed by atoms with Crippen LogP contribution in [-0.4, -0.2) is 15.9 Å². The van der Waals surface area contributed by atoms with Gasteiger partial charge in [0.25, 0.3) is 5.91 Å². The summed E-state index contributed by atoms with van der Waals surface area (Å²) in [6.07, 6.45) is 1.36. The molecule has 1 amide bonds. The minimum Gasteiger partial charge on any atom is -0.339 e. The van der Waals surface area contributed by atoms with E-state index in [1.54, 1.807) is 6.07 Å². The lowest BCUT2D eigenvalue weighted by Gasteiger charge is -2.09. The summed E-state index contributed by atoms with van der Waals surface area (Å²) in [6, 6.07) is 16.9. The molecule has 1 heterocycles. The van der Waals surface area contributed by atoms with E-state index < -0.39 is 0 Å². The van der Waals surface area contributed by atoms with Crippen LogP contribution in [0.15, 0.2) is 65.4 Å². The predicted octanol–water partition coefficient (Wildman–Crippen LogP) is 4.54. The molecule has 3 rings (SSSR count). The van der Waals surface area contributed by atoms with E-state index in [-0.39, 0.29) is 5.91 Å². The van der Waals surface area contributed by atoms with Gasteiger partial charge in [-0.05, 0) is 47.1 Å². The summed E-state index contributed by atoms with van der Waals surface area (Å²) in [5, 5.41) is 5.98. The molecule has 0 spiro atoms. The van der Waals surface area contributed by atoms with Crippen molar-refractivity contribution in [2.24, 2.45) is 0 Å². The van der Waals surface area contributed by atoms with Crippen LogP contribution in [0.3, 0.4) is 0 Å². The lowest BCUT2D eigenvalue weighted by atomic mass is 10.2. The van der Waals surface area contributed by atoms with Crippen molar-refractivity contribution in [3.05, 3.63) is 76.7 Å². The number of nitrogens with one attached hydrogen (secondary N) is 2. The molecule has 3 aromatic rings. The zero-order valence-electron chi connectivity index (χ0n) is 13.0. The molecule has 0 aliphatic carbocycles. The Labute approximate surface area is 148 Å². The first-order valence-electron chi connectivity index (χ1n) is 7.33. The number of carbonyl (C=O) groups is 1. The minimum atomic E-state index is -0.281. The topological polar surface area (TPSA) is 66.9 Å². The van der Waals surface area contributed by atoms with Gasteiger partial charge in [-0.1, -0.05) is 29.8 Å². The first-order chi connectivity index (χ1) is 11.6. The van der Waals surface area contributed by atoms with Crippen LogP contribution in [0.25, 0.3) is 0 Å². The van der Waals surface area contributed by atoms with Gasteiger partial charge in [-0.3, -0.25) is 4.79 Å². The highest BCUT2D eigenvalue weighted by molar-refractivity contribution is 9.10. The van der Waals surface area contributed by atoms with Gasteiger partial charge in [0.1, 0.15) is 17.8 Å². The van der Waals surface area contributed by atoms with Crippen LogP contribution in [-0.2, 0) is 0 Å². The van der Waals surface area contributed by atoms with E-state index in [2.05, 4.69) is 36.5 Å². The summed E-state index contributed by atoms with van der Waals surface area (Å²) in [6.45, 7) is 2.00. The highest BCUT2D eigenvalue weighted by Gasteiger charge is 2.10. The molecule has 24 heavy (non-hydrogen) atoms. The number of nitrogens with zero attached hydrogens (tertiary/aromatic N) is 2. The molecular weight excluding hydrogens is 368 g/mol. The van der Waals surface area contributed by atoms with Gasteiger partial charge in [-0.25, -0.2) is 9.97 Å². The van der Waals surface area contributed by atoms with Crippen LogP contribution in [0.4, 0.5) is 17.2 Å². The predicted molar refractivity (Wildman–Crippen MR) is 98.6 cm³/mol. The molecule has 0 aliphatic heterocycles. The third-order valence-electron chi connectivity index (χ3n) is 3.35. The summed E-state index contributed by atoms with van der Waals surface area (Å²) < 4.78 is 0.911. The van der Waals surface area contributed by atoms with Gasteiger partial charge in [-0.15, -0.1) is 0 Å². The monoisotopic (exact) mass is 382 g/mol. The number of amides is 1. The number of hydrogen-bond donors (Lipinski definition) is 2. The molecule has 0 saturated heterocycles. The molecule has 0 atom stereocenters. The number of aromatic nitrogens is 2. The van der Waals surface area contributed by atoms with Crippen LogP contribution in [0.1, 0.15) is 16.1 Å². The summed E-state index contributed by atoms with van der Waals surface area (Å²) in [5.74, 6) is 0.266. The maximum Gasteiger partial charge on any atom is 0.274 e. The Morgan fingerprint density at radius 3 is 2.54 bits per heavy atom. The second-order valence-corrected chi connectivity index (χ2v) is 6.07. The number of para-hydroxylation sites is 1. The van der Waals surface area contributed by atoms with E-state index in [1.807, 2.05) is 55.5 Å². The van der Waals surface area contributed by atoms with Gasteiger partial charge in [0.2, 0.25) is 0 Å². The van der Waals surface area contributed by atoms with E-state index in [9.17, 15) is 4.79 Å². The number of carbonyl (C=O) groups excluding carboxylic acids is 1. The Kier molecular flexibility index (Phi) is 4.86. The summed E-state index contributed by atoms with van der Waals surface area (Å²) >= 11 is 3.47. The molecule has 0 aliphatic rings. The van der Waals surface area contributed by atoms with Crippen molar-refractivity contribution in [1.82, 2.24) is 9.97 Å². The maximum atomic E-state index is 12.3. The van der Waals surface area contributed by atoms with Gasteiger partial charge < -0.3 is 10.6 Å². The first-order valence-corrected chi connectivity index (χ1v) is 8.13. The SMILES string of the molecule is Cc1ccc(NC(=O)c2cc(Nc3ccccc3Br)ncn2)cc1. The number of halogens is 1. The average Bonchev–Trinajstić information content (AvgIpc) is 2.59. The van der Waals surface area contributed by atoms with E-state index >= 15 is 0 Å². The van der Waals surface area contributed by atoms with Crippen LogP contribution >= 0.6 is 15.9 Å². The number of benzene rings is 2. The van der Waals surface area contributed by atoms with Crippen molar-refractivity contribution in [1.29, 1.82) is 0 Å². The van der Waals surface area contributed by atoms with Crippen LogP contribution < -0.4 is 10.6 Å². The molecular formula is C18H15BrN4O. The normalized spacial score (nSPS) is 10.2. The van der Waals surface area contributed by atoms with Gasteiger partial charge >= 0.3 is 0 Å². The van der Waals surface area contributed by atoms with Crippen molar-refractivity contribution in [3.63, 3.8) is 0 Å². The quantitative estimate of drug-likeness (QED) is 0.694. The molecule has 2 aromatic carbocycles. The Morgan fingerprint density at radius 2 is 1.79 bits per heavy atom. The van der Waals surface area contributed by atoms with Crippen LogP contribution in [0.5, 0.6) is 0 Å². The molecule has 120 valence electrons. The zero-order chi connectivity index (χ0) is 16.9. The molecule has 5 nitrogen and oxygen atoms in total. The van der Waals surface area contributed by atoms with E-state index in [4.69, 9.17) is 0 Å². The highest BCUT2D eigenvalue weighted by atomic mass is 79.9.